The molecule has 0 amide bonds. The Morgan fingerprint density at radius 3 is 2.80 bits per heavy atom. The second kappa shape index (κ2) is 3.58. The van der Waals surface area contributed by atoms with E-state index in [1.807, 2.05) is 31.2 Å². The van der Waals surface area contributed by atoms with Gasteiger partial charge in [-0.1, -0.05) is 0 Å². The molecule has 0 fully saturated rings. The molecule has 0 radical (unpaired) electrons. The lowest BCUT2D eigenvalue weighted by molar-refractivity contribution is 0.691. The van der Waals surface area contributed by atoms with E-state index in [0.29, 0.717) is 12.2 Å². The monoisotopic (exact) mass is 205 g/mol. The molecular formula is C10H15N5. The molecule has 0 saturated heterocycles. The first kappa shape index (κ1) is 10.0. The fraction of sp³-hybridized carbons (Fsp3) is 0.500. The van der Waals surface area contributed by atoms with E-state index < -0.39 is 0 Å². The molecule has 0 aliphatic carbocycles. The molecule has 0 aliphatic rings. The Balaban J connectivity index is 2.58. The third kappa shape index (κ3) is 1.83. The van der Waals surface area contributed by atoms with Gasteiger partial charge >= 0.3 is 0 Å². The standard InChI is InChI=1S/C10H15N5/c1-6(11)4-9-13-14-10-12-7(2)5-8(3)15(9)10/h5-6H,4,11H2,1-3H3. The summed E-state index contributed by atoms with van der Waals surface area (Å²) in [6.45, 7) is 5.93. The maximum absolute atomic E-state index is 5.75. The smallest absolute Gasteiger partial charge is 0.255 e. The largest absolute Gasteiger partial charge is 0.328 e. The molecule has 0 aliphatic heterocycles. The zero-order valence-corrected chi connectivity index (χ0v) is 9.23. The molecule has 15 heavy (non-hydrogen) atoms. The van der Waals surface area contributed by atoms with Gasteiger partial charge in [-0.2, -0.15) is 0 Å². The van der Waals surface area contributed by atoms with Crippen molar-refractivity contribution in [3.63, 3.8) is 0 Å². The highest BCUT2D eigenvalue weighted by Crippen LogP contribution is 2.08. The molecule has 0 aromatic carbocycles. The Kier molecular flexibility index (Phi) is 2.40. The van der Waals surface area contributed by atoms with Crippen LogP contribution in [-0.4, -0.2) is 25.6 Å². The van der Waals surface area contributed by atoms with Gasteiger partial charge in [0.25, 0.3) is 5.78 Å². The van der Waals surface area contributed by atoms with Crippen molar-refractivity contribution < 1.29 is 0 Å². The number of aromatic nitrogens is 4. The van der Waals surface area contributed by atoms with Crippen molar-refractivity contribution in [2.24, 2.45) is 5.73 Å². The Bertz CT molecular complexity index is 486. The third-order valence-electron chi connectivity index (χ3n) is 2.26. The van der Waals surface area contributed by atoms with Gasteiger partial charge in [0.1, 0.15) is 5.82 Å². The molecule has 5 nitrogen and oxygen atoms in total. The van der Waals surface area contributed by atoms with Crippen molar-refractivity contribution in [1.29, 1.82) is 0 Å². The average Bonchev–Trinajstić information content (AvgIpc) is 2.46. The number of fused-ring (bicyclic) bond motifs is 1. The van der Waals surface area contributed by atoms with E-state index in [9.17, 15) is 0 Å². The summed E-state index contributed by atoms with van der Waals surface area (Å²) < 4.78 is 1.95. The predicted octanol–water partition coefficient (Wildman–Crippen LogP) is 0.631. The minimum Gasteiger partial charge on any atom is -0.328 e. The molecule has 0 spiro atoms. The predicted molar refractivity (Wildman–Crippen MR) is 57.6 cm³/mol. The topological polar surface area (TPSA) is 69.1 Å². The van der Waals surface area contributed by atoms with Crippen molar-refractivity contribution in [3.8, 4) is 0 Å². The second-order valence-electron chi connectivity index (χ2n) is 3.97. The lowest BCUT2D eigenvalue weighted by atomic mass is 10.2. The summed E-state index contributed by atoms with van der Waals surface area (Å²) in [6, 6.07) is 2.10. The van der Waals surface area contributed by atoms with Gasteiger partial charge in [-0.15, -0.1) is 10.2 Å². The van der Waals surface area contributed by atoms with Gasteiger partial charge in [-0.25, -0.2) is 4.98 Å². The molecule has 0 saturated carbocycles. The molecule has 1 atom stereocenters. The van der Waals surface area contributed by atoms with Crippen molar-refractivity contribution in [2.75, 3.05) is 0 Å². The van der Waals surface area contributed by atoms with Crippen LogP contribution in [0.15, 0.2) is 6.07 Å². The maximum Gasteiger partial charge on any atom is 0.255 e. The number of aryl methyl sites for hydroxylation is 2. The van der Waals surface area contributed by atoms with Crippen molar-refractivity contribution in [1.82, 2.24) is 19.6 Å². The van der Waals surface area contributed by atoms with Gasteiger partial charge in [-0.3, -0.25) is 4.40 Å². The number of hydrogen-bond donors (Lipinski definition) is 1. The number of rotatable bonds is 2. The van der Waals surface area contributed by atoms with E-state index in [2.05, 4.69) is 15.2 Å². The van der Waals surface area contributed by atoms with E-state index in [4.69, 9.17) is 5.73 Å². The second-order valence-corrected chi connectivity index (χ2v) is 3.97. The lowest BCUT2D eigenvalue weighted by Gasteiger charge is -2.05. The van der Waals surface area contributed by atoms with E-state index in [1.54, 1.807) is 0 Å². The lowest BCUT2D eigenvalue weighted by Crippen LogP contribution is -2.19. The zero-order valence-electron chi connectivity index (χ0n) is 9.23. The average molecular weight is 205 g/mol. The zero-order chi connectivity index (χ0) is 11.0. The van der Waals surface area contributed by atoms with E-state index in [-0.39, 0.29) is 6.04 Å². The number of nitrogens with two attached hydrogens (primary N) is 1. The molecule has 80 valence electrons. The van der Waals surface area contributed by atoms with Crippen molar-refractivity contribution >= 4 is 5.78 Å². The van der Waals surface area contributed by atoms with Crippen LogP contribution in [0.2, 0.25) is 0 Å². The summed E-state index contributed by atoms with van der Waals surface area (Å²) in [6.07, 6.45) is 0.715. The van der Waals surface area contributed by atoms with Crippen LogP contribution in [-0.2, 0) is 6.42 Å². The van der Waals surface area contributed by atoms with Crippen LogP contribution in [0.5, 0.6) is 0 Å². The SMILES string of the molecule is Cc1cc(C)n2c(CC(C)N)nnc2n1. The maximum atomic E-state index is 5.75. The molecule has 0 bridgehead atoms. The molecule has 5 heteroatoms. The van der Waals surface area contributed by atoms with Gasteiger partial charge in [0, 0.05) is 23.9 Å². The Morgan fingerprint density at radius 1 is 1.40 bits per heavy atom. The normalized spacial score (nSPS) is 13.3. The summed E-state index contributed by atoms with van der Waals surface area (Å²) >= 11 is 0. The summed E-state index contributed by atoms with van der Waals surface area (Å²) in [4.78, 5) is 4.31. The van der Waals surface area contributed by atoms with E-state index >= 15 is 0 Å². The number of hydrogen-bond acceptors (Lipinski definition) is 4. The summed E-state index contributed by atoms with van der Waals surface area (Å²) in [5.74, 6) is 1.54. The van der Waals surface area contributed by atoms with Gasteiger partial charge in [0.2, 0.25) is 0 Å². The van der Waals surface area contributed by atoms with Gasteiger partial charge in [0.05, 0.1) is 0 Å². The minimum absolute atomic E-state index is 0.0816. The fourth-order valence-corrected chi connectivity index (χ4v) is 1.72. The van der Waals surface area contributed by atoms with Crippen LogP contribution in [0.4, 0.5) is 0 Å². The summed E-state index contributed by atoms with van der Waals surface area (Å²) in [7, 11) is 0. The minimum atomic E-state index is 0.0816. The number of nitrogens with zero attached hydrogens (tertiary/aromatic N) is 4. The first-order valence-electron chi connectivity index (χ1n) is 5.02. The van der Waals surface area contributed by atoms with Gasteiger partial charge < -0.3 is 5.73 Å². The van der Waals surface area contributed by atoms with E-state index in [0.717, 1.165) is 17.2 Å². The molecule has 2 aromatic rings. The Hall–Kier alpha value is -1.49. The molecular weight excluding hydrogens is 190 g/mol. The van der Waals surface area contributed by atoms with Crippen LogP contribution in [0.3, 0.4) is 0 Å². The van der Waals surface area contributed by atoms with Crippen LogP contribution < -0.4 is 5.73 Å². The Morgan fingerprint density at radius 2 is 2.13 bits per heavy atom. The first-order chi connectivity index (χ1) is 7.08. The molecule has 1 unspecified atom stereocenters. The highest BCUT2D eigenvalue weighted by Gasteiger charge is 2.10. The molecule has 2 N–H and O–H groups in total. The summed E-state index contributed by atoms with van der Waals surface area (Å²) in [5.41, 5.74) is 7.81. The van der Waals surface area contributed by atoms with Gasteiger partial charge in [0.15, 0.2) is 0 Å². The van der Waals surface area contributed by atoms with Crippen molar-refractivity contribution in [2.45, 2.75) is 33.2 Å². The highest BCUT2D eigenvalue weighted by atomic mass is 15.3. The van der Waals surface area contributed by atoms with Crippen molar-refractivity contribution in [3.05, 3.63) is 23.3 Å². The van der Waals surface area contributed by atoms with Crippen LogP contribution >= 0.6 is 0 Å². The van der Waals surface area contributed by atoms with Crippen LogP contribution in [0, 0.1) is 13.8 Å². The summed E-state index contributed by atoms with van der Waals surface area (Å²) in [5, 5.41) is 8.15. The molecule has 2 rings (SSSR count). The fourth-order valence-electron chi connectivity index (χ4n) is 1.72. The first-order valence-corrected chi connectivity index (χ1v) is 5.02. The molecule has 2 heterocycles. The van der Waals surface area contributed by atoms with Crippen LogP contribution in [0.1, 0.15) is 24.1 Å². The Labute approximate surface area is 88.3 Å². The van der Waals surface area contributed by atoms with Gasteiger partial charge in [-0.05, 0) is 26.8 Å². The van der Waals surface area contributed by atoms with E-state index in [1.165, 1.54) is 0 Å². The highest BCUT2D eigenvalue weighted by molar-refractivity contribution is 5.32. The molecule has 2 aromatic heterocycles. The quantitative estimate of drug-likeness (QED) is 0.780. The van der Waals surface area contributed by atoms with Crippen LogP contribution in [0.25, 0.3) is 5.78 Å². The third-order valence-corrected chi connectivity index (χ3v) is 2.26.